The summed E-state index contributed by atoms with van der Waals surface area (Å²) in [6, 6.07) is 3.10. The van der Waals surface area contributed by atoms with Crippen molar-refractivity contribution in [2.75, 3.05) is 5.73 Å². The zero-order valence-corrected chi connectivity index (χ0v) is 12.2. The molecule has 0 saturated carbocycles. The summed E-state index contributed by atoms with van der Waals surface area (Å²) in [6.45, 7) is 7.72. The van der Waals surface area contributed by atoms with E-state index in [4.69, 9.17) is 11.0 Å². The molecular formula is C14H16F2N2S. The Bertz CT molecular complexity index is 639. The van der Waals surface area contributed by atoms with Gasteiger partial charge in [-0.1, -0.05) is 27.7 Å². The molecule has 0 atom stereocenters. The molecular weight excluding hydrogens is 266 g/mol. The van der Waals surface area contributed by atoms with Crippen molar-refractivity contribution in [1.82, 2.24) is 0 Å². The molecule has 5 heteroatoms. The lowest BCUT2D eigenvalue weighted by Crippen LogP contribution is -1.95. The predicted molar refractivity (Wildman–Crippen MR) is 76.3 cm³/mol. The van der Waals surface area contributed by atoms with E-state index in [0.717, 1.165) is 17.4 Å². The Hall–Kier alpha value is -1.67. The summed E-state index contributed by atoms with van der Waals surface area (Å²) in [5, 5.41) is 9.71. The molecule has 0 spiro atoms. The van der Waals surface area contributed by atoms with Gasteiger partial charge in [0.15, 0.2) is 11.6 Å². The van der Waals surface area contributed by atoms with Crippen LogP contribution in [0.4, 0.5) is 13.8 Å². The Morgan fingerprint density at radius 2 is 1.89 bits per heavy atom. The third-order valence-corrected chi connectivity index (χ3v) is 3.66. The molecule has 0 aliphatic carbocycles. The molecule has 0 amide bonds. The maximum atomic E-state index is 13.6. The fourth-order valence-corrected chi connectivity index (χ4v) is 2.80. The SMILES string of the molecule is CC.CC(C)c1cc(F)c(F)c2sc(N)c(C#N)c12. The largest absolute Gasteiger partial charge is 0.389 e. The highest BCUT2D eigenvalue weighted by Gasteiger charge is 2.21. The van der Waals surface area contributed by atoms with Gasteiger partial charge in [-0.15, -0.1) is 11.3 Å². The van der Waals surface area contributed by atoms with Gasteiger partial charge >= 0.3 is 0 Å². The van der Waals surface area contributed by atoms with Gasteiger partial charge in [0.25, 0.3) is 0 Å². The van der Waals surface area contributed by atoms with E-state index in [0.29, 0.717) is 10.9 Å². The van der Waals surface area contributed by atoms with Gasteiger partial charge in [-0.2, -0.15) is 5.26 Å². The van der Waals surface area contributed by atoms with Gasteiger partial charge in [-0.25, -0.2) is 8.78 Å². The van der Waals surface area contributed by atoms with Gasteiger partial charge < -0.3 is 5.73 Å². The van der Waals surface area contributed by atoms with Gasteiger partial charge in [0.1, 0.15) is 11.1 Å². The normalized spacial score (nSPS) is 10.2. The number of fused-ring (bicyclic) bond motifs is 1. The summed E-state index contributed by atoms with van der Waals surface area (Å²) in [7, 11) is 0. The van der Waals surface area contributed by atoms with Crippen molar-refractivity contribution in [3.63, 3.8) is 0 Å². The van der Waals surface area contributed by atoms with Crippen LogP contribution < -0.4 is 5.73 Å². The van der Waals surface area contributed by atoms with Crippen LogP contribution in [0, 0.1) is 23.0 Å². The minimum Gasteiger partial charge on any atom is -0.389 e. The molecule has 2 aromatic rings. The second kappa shape index (κ2) is 5.98. The first-order valence-electron chi connectivity index (χ1n) is 6.07. The van der Waals surface area contributed by atoms with Crippen LogP contribution in [0.1, 0.15) is 44.7 Å². The Balaban J connectivity index is 0.000000861. The Kier molecular flexibility index (Phi) is 4.84. The summed E-state index contributed by atoms with van der Waals surface area (Å²) in [5.74, 6) is -1.83. The van der Waals surface area contributed by atoms with E-state index in [1.165, 1.54) is 0 Å². The maximum Gasteiger partial charge on any atom is 0.176 e. The van der Waals surface area contributed by atoms with Crippen LogP contribution in [-0.2, 0) is 0 Å². The topological polar surface area (TPSA) is 49.8 Å². The molecule has 1 heterocycles. The Morgan fingerprint density at radius 3 is 2.37 bits per heavy atom. The zero-order chi connectivity index (χ0) is 14.7. The molecule has 0 saturated heterocycles. The summed E-state index contributed by atoms with van der Waals surface area (Å²) in [6.07, 6.45) is 0. The number of nitriles is 1. The average Bonchev–Trinajstić information content (AvgIpc) is 2.72. The molecule has 19 heavy (non-hydrogen) atoms. The highest BCUT2D eigenvalue weighted by atomic mass is 32.1. The van der Waals surface area contributed by atoms with E-state index in [1.807, 2.05) is 33.8 Å². The quantitative estimate of drug-likeness (QED) is 0.818. The van der Waals surface area contributed by atoms with E-state index in [2.05, 4.69) is 0 Å². The van der Waals surface area contributed by atoms with Crippen molar-refractivity contribution >= 4 is 26.4 Å². The number of anilines is 1. The van der Waals surface area contributed by atoms with Gasteiger partial charge in [0.05, 0.1) is 10.3 Å². The summed E-state index contributed by atoms with van der Waals surface area (Å²) >= 11 is 0.916. The molecule has 1 aromatic carbocycles. The second-order valence-electron chi connectivity index (χ2n) is 4.07. The molecule has 0 unspecified atom stereocenters. The fraction of sp³-hybridized carbons (Fsp3) is 0.357. The number of nitrogen functional groups attached to an aromatic ring is 1. The van der Waals surface area contributed by atoms with Crippen molar-refractivity contribution in [1.29, 1.82) is 5.26 Å². The first-order valence-corrected chi connectivity index (χ1v) is 6.89. The number of hydrogen-bond acceptors (Lipinski definition) is 3. The number of halogens is 2. The average molecular weight is 282 g/mol. The second-order valence-corrected chi connectivity index (χ2v) is 5.13. The molecule has 0 bridgehead atoms. The van der Waals surface area contributed by atoms with Crippen molar-refractivity contribution in [3.8, 4) is 6.07 Å². The van der Waals surface area contributed by atoms with Crippen LogP contribution in [0.5, 0.6) is 0 Å². The van der Waals surface area contributed by atoms with E-state index in [-0.39, 0.29) is 21.2 Å². The molecule has 2 rings (SSSR count). The number of nitrogens with two attached hydrogens (primary N) is 1. The van der Waals surface area contributed by atoms with Crippen LogP contribution >= 0.6 is 11.3 Å². The minimum atomic E-state index is -0.928. The van der Waals surface area contributed by atoms with Crippen LogP contribution in [-0.4, -0.2) is 0 Å². The maximum absolute atomic E-state index is 13.6. The monoisotopic (exact) mass is 282 g/mol. The van der Waals surface area contributed by atoms with E-state index < -0.39 is 11.6 Å². The van der Waals surface area contributed by atoms with Gasteiger partial charge in [0.2, 0.25) is 0 Å². The van der Waals surface area contributed by atoms with E-state index in [9.17, 15) is 8.78 Å². The van der Waals surface area contributed by atoms with Crippen LogP contribution in [0.25, 0.3) is 10.1 Å². The molecule has 2 nitrogen and oxygen atoms in total. The molecule has 0 aliphatic heterocycles. The zero-order valence-electron chi connectivity index (χ0n) is 11.3. The lowest BCUT2D eigenvalue weighted by Gasteiger charge is -2.08. The van der Waals surface area contributed by atoms with Gasteiger partial charge in [-0.3, -0.25) is 0 Å². The number of hydrogen-bond donors (Lipinski definition) is 1. The number of thiophene rings is 1. The molecule has 0 aliphatic rings. The number of benzene rings is 1. The highest BCUT2D eigenvalue weighted by molar-refractivity contribution is 7.23. The van der Waals surface area contributed by atoms with Gasteiger partial charge in [0, 0.05) is 5.39 Å². The summed E-state index contributed by atoms with van der Waals surface area (Å²) in [4.78, 5) is 0. The highest BCUT2D eigenvalue weighted by Crippen LogP contribution is 2.40. The third kappa shape index (κ3) is 2.54. The van der Waals surface area contributed by atoms with E-state index in [1.54, 1.807) is 0 Å². The first kappa shape index (κ1) is 15.4. The van der Waals surface area contributed by atoms with Crippen molar-refractivity contribution < 1.29 is 8.78 Å². The lowest BCUT2D eigenvalue weighted by molar-refractivity contribution is 0.516. The molecule has 2 N–H and O–H groups in total. The first-order chi connectivity index (χ1) is 8.97. The van der Waals surface area contributed by atoms with Crippen LogP contribution in [0.3, 0.4) is 0 Å². The van der Waals surface area contributed by atoms with Crippen LogP contribution in [0.2, 0.25) is 0 Å². The Labute approximate surface area is 115 Å². The molecule has 0 fully saturated rings. The smallest absolute Gasteiger partial charge is 0.176 e. The van der Waals surface area contributed by atoms with Crippen molar-refractivity contribution in [2.45, 2.75) is 33.6 Å². The molecule has 1 aromatic heterocycles. The summed E-state index contributed by atoms with van der Waals surface area (Å²) in [5.41, 5.74) is 6.52. The standard InChI is InChI=1S/C12H10F2N2S.C2H6/c1-5(2)6-3-8(13)10(14)11-9(6)7(4-15)12(16)17-11;1-2/h3,5H,16H2,1-2H3;1-2H3. The summed E-state index contributed by atoms with van der Waals surface area (Å²) < 4.78 is 27.2. The van der Waals surface area contributed by atoms with Gasteiger partial charge in [-0.05, 0) is 17.5 Å². The van der Waals surface area contributed by atoms with Crippen LogP contribution in [0.15, 0.2) is 6.07 Å². The fourth-order valence-electron chi connectivity index (χ4n) is 1.83. The van der Waals surface area contributed by atoms with Crippen molar-refractivity contribution in [3.05, 3.63) is 28.8 Å². The predicted octanol–water partition coefficient (Wildman–Crippen LogP) is 4.78. The van der Waals surface area contributed by atoms with Crippen molar-refractivity contribution in [2.24, 2.45) is 0 Å². The third-order valence-electron chi connectivity index (χ3n) is 2.65. The minimum absolute atomic E-state index is 0.00583. The lowest BCUT2D eigenvalue weighted by atomic mass is 9.96. The Morgan fingerprint density at radius 1 is 1.32 bits per heavy atom. The number of rotatable bonds is 1. The molecule has 0 radical (unpaired) electrons. The van der Waals surface area contributed by atoms with E-state index >= 15 is 0 Å². The number of nitrogens with zero attached hydrogens (tertiary/aromatic N) is 1. The molecule has 102 valence electrons.